The van der Waals surface area contributed by atoms with Gasteiger partial charge >= 0.3 is 5.97 Å². The first-order valence-corrected chi connectivity index (χ1v) is 9.70. The fourth-order valence-corrected chi connectivity index (χ4v) is 2.95. The Hall–Kier alpha value is -3.88. The lowest BCUT2D eigenvalue weighted by atomic mass is 10.00. The lowest BCUT2D eigenvalue weighted by Crippen LogP contribution is -2.16. The van der Waals surface area contributed by atoms with Crippen LogP contribution in [0, 0.1) is 0 Å². The summed E-state index contributed by atoms with van der Waals surface area (Å²) >= 11 is 0. The van der Waals surface area contributed by atoms with E-state index < -0.39 is 5.97 Å². The summed E-state index contributed by atoms with van der Waals surface area (Å²) < 4.78 is 5.25. The third-order valence-corrected chi connectivity index (χ3v) is 4.36. The summed E-state index contributed by atoms with van der Waals surface area (Å²) in [5.41, 5.74) is 3.46. The van der Waals surface area contributed by atoms with Gasteiger partial charge in [0.2, 0.25) is 5.91 Å². The van der Waals surface area contributed by atoms with Gasteiger partial charge in [0, 0.05) is 23.6 Å². The average molecular weight is 435 g/mol. The molecule has 2 aromatic carbocycles. The summed E-state index contributed by atoms with van der Waals surface area (Å²) in [6.07, 6.45) is 1.95. The molecule has 1 aromatic heterocycles. The lowest BCUT2D eigenvalue weighted by Gasteiger charge is -2.14. The molecule has 1 heterocycles. The molecular formula is C24H25N3O5. The van der Waals surface area contributed by atoms with Gasteiger partial charge in [-0.1, -0.05) is 36.9 Å². The number of likely N-dealkylation sites (N-methyl/N-ethyl adjacent to an activating group) is 1. The number of aldehydes is 1. The fourth-order valence-electron chi connectivity index (χ4n) is 2.95. The molecule has 0 saturated heterocycles. The van der Waals surface area contributed by atoms with Crippen molar-refractivity contribution in [3.63, 3.8) is 0 Å². The first-order chi connectivity index (χ1) is 15.4. The van der Waals surface area contributed by atoms with Crippen LogP contribution in [-0.2, 0) is 20.9 Å². The monoisotopic (exact) mass is 435 g/mol. The number of hydrogen-bond donors (Lipinski definition) is 3. The second kappa shape index (κ2) is 12.1. The summed E-state index contributed by atoms with van der Waals surface area (Å²) in [5.74, 6) is -1.11. The summed E-state index contributed by atoms with van der Waals surface area (Å²) in [5, 5.41) is 15.0. The zero-order chi connectivity index (χ0) is 23.5. The number of benzene rings is 2. The van der Waals surface area contributed by atoms with Crippen LogP contribution in [0.15, 0.2) is 61.2 Å². The van der Waals surface area contributed by atoms with Crippen LogP contribution in [0.25, 0.3) is 22.0 Å². The number of nitrogens with zero attached hydrogens (tertiary/aromatic N) is 1. The second-order valence-corrected chi connectivity index (χ2v) is 6.65. The van der Waals surface area contributed by atoms with Gasteiger partial charge < -0.3 is 20.5 Å². The molecule has 1 amide bonds. The number of carboxylic acid groups (broad SMARTS) is 1. The summed E-state index contributed by atoms with van der Waals surface area (Å²) in [4.78, 5) is 36.8. The van der Waals surface area contributed by atoms with Crippen molar-refractivity contribution < 1.29 is 24.2 Å². The van der Waals surface area contributed by atoms with Gasteiger partial charge in [-0.15, -0.1) is 0 Å². The number of pyridine rings is 1. The van der Waals surface area contributed by atoms with E-state index in [4.69, 9.17) is 9.84 Å². The Kier molecular flexibility index (Phi) is 9.22. The highest BCUT2D eigenvalue weighted by atomic mass is 16.5. The van der Waals surface area contributed by atoms with Crippen LogP contribution < -0.4 is 10.6 Å². The normalized spacial score (nSPS) is 10.1. The number of carboxylic acids is 1. The minimum absolute atomic E-state index is 0.0417. The third kappa shape index (κ3) is 6.56. The predicted molar refractivity (Wildman–Crippen MR) is 124 cm³/mol. The second-order valence-electron chi connectivity index (χ2n) is 6.65. The van der Waals surface area contributed by atoms with Crippen LogP contribution in [0.4, 0.5) is 5.69 Å². The van der Waals surface area contributed by atoms with Crippen molar-refractivity contribution in [1.82, 2.24) is 10.3 Å². The smallest absolute Gasteiger partial charge is 0.317 e. The van der Waals surface area contributed by atoms with Gasteiger partial charge in [0.25, 0.3) is 0 Å². The first-order valence-electron chi connectivity index (χ1n) is 9.70. The maximum absolute atomic E-state index is 11.9. The van der Waals surface area contributed by atoms with E-state index in [2.05, 4.69) is 22.2 Å². The molecule has 32 heavy (non-hydrogen) atoms. The highest BCUT2D eigenvalue weighted by Gasteiger charge is 2.12. The Balaban J connectivity index is 0.000000534. The van der Waals surface area contributed by atoms with Crippen molar-refractivity contribution in [2.45, 2.75) is 6.61 Å². The van der Waals surface area contributed by atoms with Crippen molar-refractivity contribution in [2.75, 3.05) is 26.0 Å². The van der Waals surface area contributed by atoms with E-state index in [1.54, 1.807) is 26.3 Å². The minimum Gasteiger partial charge on any atom is -0.480 e. The molecular weight excluding hydrogens is 410 g/mol. The average Bonchev–Trinajstić information content (AvgIpc) is 2.80. The number of carbonyl (C=O) groups is 3. The minimum atomic E-state index is -0.822. The van der Waals surface area contributed by atoms with E-state index in [0.29, 0.717) is 23.7 Å². The highest BCUT2D eigenvalue weighted by molar-refractivity contribution is 6.07. The highest BCUT2D eigenvalue weighted by Crippen LogP contribution is 2.32. The number of ether oxygens (including phenoxy) is 1. The number of fused-ring (bicyclic) bond motifs is 1. The predicted octanol–water partition coefficient (Wildman–Crippen LogP) is 3.28. The number of anilines is 1. The van der Waals surface area contributed by atoms with Gasteiger partial charge in [-0.05, 0) is 36.7 Å². The van der Waals surface area contributed by atoms with Crippen molar-refractivity contribution >= 4 is 34.6 Å². The van der Waals surface area contributed by atoms with Crippen LogP contribution in [0.2, 0.25) is 0 Å². The van der Waals surface area contributed by atoms with Crippen molar-refractivity contribution in [1.29, 1.82) is 0 Å². The Morgan fingerprint density at radius 3 is 2.53 bits per heavy atom. The van der Waals surface area contributed by atoms with E-state index in [9.17, 15) is 14.4 Å². The summed E-state index contributed by atoms with van der Waals surface area (Å²) in [6, 6.07) is 15.0. The molecule has 3 rings (SSSR count). The van der Waals surface area contributed by atoms with Crippen molar-refractivity contribution in [2.24, 2.45) is 0 Å². The number of hydrogen-bond acceptors (Lipinski definition) is 6. The van der Waals surface area contributed by atoms with Gasteiger partial charge in [-0.3, -0.25) is 14.4 Å². The summed E-state index contributed by atoms with van der Waals surface area (Å²) in [6.45, 7) is 3.92. The number of aromatic nitrogens is 1. The molecule has 0 saturated carbocycles. The molecule has 8 heteroatoms. The Labute approximate surface area is 185 Å². The van der Waals surface area contributed by atoms with E-state index in [1.807, 2.05) is 36.4 Å². The maximum atomic E-state index is 11.9. The molecule has 0 aliphatic rings. The quantitative estimate of drug-likeness (QED) is 0.367. The molecule has 0 unspecified atom stereocenters. The van der Waals surface area contributed by atoms with Gasteiger partial charge in [0.15, 0.2) is 6.29 Å². The van der Waals surface area contributed by atoms with E-state index >= 15 is 0 Å². The van der Waals surface area contributed by atoms with Gasteiger partial charge in [-0.25, -0.2) is 4.98 Å². The molecule has 0 aliphatic carbocycles. The molecule has 166 valence electrons. The molecule has 8 nitrogen and oxygen atoms in total. The zero-order valence-electron chi connectivity index (χ0n) is 17.9. The van der Waals surface area contributed by atoms with E-state index in [1.165, 1.54) is 6.08 Å². The maximum Gasteiger partial charge on any atom is 0.317 e. The topological polar surface area (TPSA) is 118 Å². The van der Waals surface area contributed by atoms with Crippen LogP contribution in [0.3, 0.4) is 0 Å². The summed E-state index contributed by atoms with van der Waals surface area (Å²) in [7, 11) is 3.20. The molecule has 0 fully saturated rings. The van der Waals surface area contributed by atoms with Crippen LogP contribution >= 0.6 is 0 Å². The number of carbonyl (C=O) groups excluding carboxylic acids is 2. The third-order valence-electron chi connectivity index (χ3n) is 4.36. The molecule has 3 aromatic rings. The Morgan fingerprint density at radius 2 is 1.94 bits per heavy atom. The van der Waals surface area contributed by atoms with Gasteiger partial charge in [0.1, 0.15) is 5.69 Å². The fraction of sp³-hybridized carbons (Fsp3) is 0.167. The standard InChI is InChI=1S/C21H18N2O3.C3H7NO2/c1-3-20(25)23-21-16(13-26-2)10-8-14-7-9-15(11-18(14)21)19-6-4-5-17(12-24)22-19;1-4-2-3(5)6/h3-12H,1,13H2,2H3,(H,23,25);4H,2H2,1H3,(H,5,6). The number of methoxy groups -OCH3 is 1. The molecule has 3 N–H and O–H groups in total. The Bertz CT molecular complexity index is 1130. The number of aliphatic carboxylic acids is 1. The Morgan fingerprint density at radius 1 is 1.19 bits per heavy atom. The molecule has 0 spiro atoms. The first kappa shape index (κ1) is 24.4. The van der Waals surface area contributed by atoms with Crippen molar-refractivity contribution in [3.8, 4) is 11.3 Å². The number of rotatable bonds is 8. The van der Waals surface area contributed by atoms with Crippen molar-refractivity contribution in [3.05, 3.63) is 72.4 Å². The number of nitrogens with one attached hydrogen (secondary N) is 2. The van der Waals surface area contributed by atoms with E-state index in [-0.39, 0.29) is 12.5 Å². The molecule has 0 atom stereocenters. The number of amides is 1. The van der Waals surface area contributed by atoms with Crippen LogP contribution in [-0.4, -0.2) is 49.0 Å². The molecule has 0 aliphatic heterocycles. The molecule has 0 bridgehead atoms. The SMILES string of the molecule is C=CC(=O)Nc1c(COC)ccc2ccc(-c3cccc(C=O)n3)cc12.CNCC(=O)O. The van der Waals surface area contributed by atoms with Gasteiger partial charge in [-0.2, -0.15) is 0 Å². The van der Waals surface area contributed by atoms with Crippen LogP contribution in [0.1, 0.15) is 16.1 Å². The van der Waals surface area contributed by atoms with Gasteiger partial charge in [0.05, 0.1) is 24.5 Å². The molecule has 0 radical (unpaired) electrons. The van der Waals surface area contributed by atoms with Crippen LogP contribution in [0.5, 0.6) is 0 Å². The lowest BCUT2D eigenvalue weighted by molar-refractivity contribution is -0.135. The largest absolute Gasteiger partial charge is 0.480 e. The van der Waals surface area contributed by atoms with E-state index in [0.717, 1.165) is 28.2 Å². The zero-order valence-corrected chi connectivity index (χ0v) is 17.9.